The van der Waals surface area contributed by atoms with Crippen LogP contribution in [0.1, 0.15) is 45.4 Å². The maximum atomic E-state index is 12.1. The summed E-state index contributed by atoms with van der Waals surface area (Å²) in [5, 5.41) is 9.34. The summed E-state index contributed by atoms with van der Waals surface area (Å²) in [6.45, 7) is 2.30. The highest BCUT2D eigenvalue weighted by atomic mass is 16.5. The fourth-order valence-corrected chi connectivity index (χ4v) is 2.56. The molecule has 20 heavy (non-hydrogen) atoms. The number of hydrogen-bond donors (Lipinski definition) is 1. The zero-order chi connectivity index (χ0) is 15.2. The molecule has 6 heteroatoms. The Kier molecular flexibility index (Phi) is 5.98. The molecular weight excluding hydrogens is 262 g/mol. The Morgan fingerprint density at radius 3 is 2.35 bits per heavy atom. The van der Waals surface area contributed by atoms with Gasteiger partial charge >= 0.3 is 11.9 Å². The predicted molar refractivity (Wildman–Crippen MR) is 72.0 cm³/mol. The van der Waals surface area contributed by atoms with Crippen LogP contribution in [-0.4, -0.2) is 48.1 Å². The Morgan fingerprint density at radius 2 is 1.85 bits per heavy atom. The van der Waals surface area contributed by atoms with E-state index in [2.05, 4.69) is 0 Å². The Morgan fingerprint density at radius 1 is 1.25 bits per heavy atom. The summed E-state index contributed by atoms with van der Waals surface area (Å²) in [6, 6.07) is 0. The van der Waals surface area contributed by atoms with Crippen molar-refractivity contribution in [1.29, 1.82) is 0 Å². The van der Waals surface area contributed by atoms with E-state index < -0.39 is 11.4 Å². The molecule has 0 bridgehead atoms. The second-order valence-corrected chi connectivity index (χ2v) is 5.34. The number of rotatable bonds is 7. The molecule has 1 rings (SSSR count). The highest BCUT2D eigenvalue weighted by Gasteiger charge is 2.43. The highest BCUT2D eigenvalue weighted by Crippen LogP contribution is 2.41. The molecule has 0 saturated heterocycles. The zero-order valence-corrected chi connectivity index (χ0v) is 12.2. The molecule has 0 aromatic carbocycles. The summed E-state index contributed by atoms with van der Waals surface area (Å²) in [6.07, 6.45) is 2.97. The quantitative estimate of drug-likeness (QED) is 0.715. The number of amides is 1. The van der Waals surface area contributed by atoms with Crippen molar-refractivity contribution < 1.29 is 24.2 Å². The SMILES string of the molecule is CCOC(=O)CCN(C)C(=O)CC1(C(=O)O)CCCC1. The van der Waals surface area contributed by atoms with Gasteiger partial charge < -0.3 is 14.7 Å². The van der Waals surface area contributed by atoms with Crippen molar-refractivity contribution in [2.24, 2.45) is 5.41 Å². The van der Waals surface area contributed by atoms with Crippen LogP contribution in [0.3, 0.4) is 0 Å². The van der Waals surface area contributed by atoms with Crippen LogP contribution in [-0.2, 0) is 19.1 Å². The van der Waals surface area contributed by atoms with E-state index in [0.717, 1.165) is 12.8 Å². The summed E-state index contributed by atoms with van der Waals surface area (Å²) in [4.78, 5) is 36.1. The molecule has 0 aromatic rings. The first-order chi connectivity index (χ1) is 9.41. The van der Waals surface area contributed by atoms with Gasteiger partial charge in [0.1, 0.15) is 0 Å². The number of esters is 1. The predicted octanol–water partition coefficient (Wildman–Crippen LogP) is 1.43. The van der Waals surface area contributed by atoms with Gasteiger partial charge in [-0.2, -0.15) is 0 Å². The first-order valence-corrected chi connectivity index (χ1v) is 7.04. The molecule has 1 amide bonds. The lowest BCUT2D eigenvalue weighted by atomic mass is 9.82. The van der Waals surface area contributed by atoms with Crippen molar-refractivity contribution in [1.82, 2.24) is 4.90 Å². The van der Waals surface area contributed by atoms with E-state index in [4.69, 9.17) is 4.74 Å². The molecule has 114 valence electrons. The molecule has 1 N–H and O–H groups in total. The topological polar surface area (TPSA) is 83.9 Å². The average Bonchev–Trinajstić information content (AvgIpc) is 2.86. The first-order valence-electron chi connectivity index (χ1n) is 7.04. The van der Waals surface area contributed by atoms with Crippen LogP contribution in [0.25, 0.3) is 0 Å². The molecule has 0 aliphatic heterocycles. The maximum Gasteiger partial charge on any atom is 0.310 e. The van der Waals surface area contributed by atoms with E-state index >= 15 is 0 Å². The van der Waals surface area contributed by atoms with E-state index in [-0.39, 0.29) is 31.3 Å². The van der Waals surface area contributed by atoms with E-state index in [1.807, 2.05) is 0 Å². The molecule has 0 spiro atoms. The maximum absolute atomic E-state index is 12.1. The Balaban J connectivity index is 2.48. The molecule has 0 unspecified atom stereocenters. The van der Waals surface area contributed by atoms with Gasteiger partial charge in [0, 0.05) is 20.0 Å². The summed E-state index contributed by atoms with van der Waals surface area (Å²) in [7, 11) is 1.59. The molecule has 0 aromatic heterocycles. The van der Waals surface area contributed by atoms with E-state index in [9.17, 15) is 19.5 Å². The number of nitrogens with zero attached hydrogens (tertiary/aromatic N) is 1. The van der Waals surface area contributed by atoms with Gasteiger partial charge in [-0.3, -0.25) is 14.4 Å². The Hall–Kier alpha value is -1.59. The number of carboxylic acid groups (broad SMARTS) is 1. The molecule has 1 fully saturated rings. The number of carbonyl (C=O) groups is 3. The van der Waals surface area contributed by atoms with E-state index in [1.165, 1.54) is 4.90 Å². The van der Waals surface area contributed by atoms with Crippen molar-refractivity contribution >= 4 is 17.8 Å². The lowest BCUT2D eigenvalue weighted by molar-refractivity contribution is -0.153. The molecule has 0 radical (unpaired) electrons. The van der Waals surface area contributed by atoms with Crippen LogP contribution >= 0.6 is 0 Å². The van der Waals surface area contributed by atoms with Gasteiger partial charge in [0.05, 0.1) is 18.4 Å². The van der Waals surface area contributed by atoms with Crippen molar-refractivity contribution in [3.63, 3.8) is 0 Å². The van der Waals surface area contributed by atoms with Crippen molar-refractivity contribution in [3.05, 3.63) is 0 Å². The molecule has 6 nitrogen and oxygen atoms in total. The number of ether oxygens (including phenoxy) is 1. The van der Waals surface area contributed by atoms with Gasteiger partial charge in [0.25, 0.3) is 0 Å². The Bertz CT molecular complexity index is 374. The summed E-state index contributed by atoms with van der Waals surface area (Å²) >= 11 is 0. The minimum Gasteiger partial charge on any atom is -0.481 e. The summed E-state index contributed by atoms with van der Waals surface area (Å²) < 4.78 is 4.79. The minimum absolute atomic E-state index is 0.0155. The van der Waals surface area contributed by atoms with E-state index in [0.29, 0.717) is 19.4 Å². The van der Waals surface area contributed by atoms with Crippen LogP contribution in [0.5, 0.6) is 0 Å². The monoisotopic (exact) mass is 285 g/mol. The highest BCUT2D eigenvalue weighted by molar-refractivity contribution is 5.85. The molecule has 1 saturated carbocycles. The van der Waals surface area contributed by atoms with Crippen LogP contribution in [0.4, 0.5) is 0 Å². The fourth-order valence-electron chi connectivity index (χ4n) is 2.56. The van der Waals surface area contributed by atoms with Gasteiger partial charge in [0.2, 0.25) is 5.91 Å². The lowest BCUT2D eigenvalue weighted by Gasteiger charge is -2.26. The fraction of sp³-hybridized carbons (Fsp3) is 0.786. The Labute approximate surface area is 119 Å². The summed E-state index contributed by atoms with van der Waals surface area (Å²) in [5.41, 5.74) is -0.907. The van der Waals surface area contributed by atoms with Gasteiger partial charge in [0.15, 0.2) is 0 Å². The third kappa shape index (κ3) is 4.21. The molecular formula is C14H23NO5. The van der Waals surface area contributed by atoms with Gasteiger partial charge in [-0.05, 0) is 19.8 Å². The zero-order valence-electron chi connectivity index (χ0n) is 12.2. The van der Waals surface area contributed by atoms with E-state index in [1.54, 1.807) is 14.0 Å². The standard InChI is InChI=1S/C14H23NO5/c1-3-20-12(17)6-9-15(2)11(16)10-14(13(18)19)7-4-5-8-14/h3-10H2,1-2H3,(H,18,19). The summed E-state index contributed by atoms with van der Waals surface area (Å²) in [5.74, 6) is -1.46. The normalized spacial score (nSPS) is 16.7. The lowest BCUT2D eigenvalue weighted by Crippen LogP contribution is -2.37. The molecule has 0 heterocycles. The van der Waals surface area contributed by atoms with Crippen LogP contribution < -0.4 is 0 Å². The van der Waals surface area contributed by atoms with Crippen LogP contribution in [0.15, 0.2) is 0 Å². The third-order valence-electron chi connectivity index (χ3n) is 3.89. The van der Waals surface area contributed by atoms with Crippen molar-refractivity contribution in [3.8, 4) is 0 Å². The average molecular weight is 285 g/mol. The van der Waals surface area contributed by atoms with Crippen molar-refractivity contribution in [2.45, 2.75) is 45.4 Å². The van der Waals surface area contributed by atoms with Crippen LogP contribution in [0.2, 0.25) is 0 Å². The molecule has 1 aliphatic rings. The van der Waals surface area contributed by atoms with Gasteiger partial charge in [-0.15, -0.1) is 0 Å². The molecule has 0 atom stereocenters. The largest absolute Gasteiger partial charge is 0.481 e. The first kappa shape index (κ1) is 16.5. The number of hydrogen-bond acceptors (Lipinski definition) is 4. The van der Waals surface area contributed by atoms with Crippen molar-refractivity contribution in [2.75, 3.05) is 20.2 Å². The smallest absolute Gasteiger partial charge is 0.310 e. The minimum atomic E-state index is -0.907. The third-order valence-corrected chi connectivity index (χ3v) is 3.89. The van der Waals surface area contributed by atoms with Crippen LogP contribution in [0, 0.1) is 5.41 Å². The number of aliphatic carboxylic acids is 1. The van der Waals surface area contributed by atoms with Gasteiger partial charge in [-0.25, -0.2) is 0 Å². The molecule has 1 aliphatic carbocycles. The second-order valence-electron chi connectivity index (χ2n) is 5.34. The van der Waals surface area contributed by atoms with Gasteiger partial charge in [-0.1, -0.05) is 12.8 Å². The second kappa shape index (κ2) is 7.26. The number of carbonyl (C=O) groups excluding carboxylic acids is 2. The number of carboxylic acids is 1.